The van der Waals surface area contributed by atoms with Crippen molar-refractivity contribution in [3.63, 3.8) is 0 Å². The van der Waals surface area contributed by atoms with Crippen LogP contribution in [-0.2, 0) is 0 Å². The van der Waals surface area contributed by atoms with Crippen LogP contribution in [0.4, 0.5) is 0 Å². The highest BCUT2D eigenvalue weighted by Gasteiger charge is 2.57. The van der Waals surface area contributed by atoms with E-state index in [1.165, 1.54) is 205 Å². The summed E-state index contributed by atoms with van der Waals surface area (Å²) in [5.74, 6) is 11.9. The Labute approximate surface area is 506 Å². The van der Waals surface area contributed by atoms with Gasteiger partial charge in [0.05, 0.1) is 98.7 Å². The van der Waals surface area contributed by atoms with Gasteiger partial charge < -0.3 is 0 Å². The van der Waals surface area contributed by atoms with Gasteiger partial charge in [0.1, 0.15) is 0 Å². The average molecular weight is 1180 g/mol. The summed E-state index contributed by atoms with van der Waals surface area (Å²) in [5, 5.41) is 67.6. The molecule has 16 N–H and O–H groups in total. The van der Waals surface area contributed by atoms with Crippen LogP contribution >= 0.6 is 24.8 Å². The number of fused-ring (bicyclic) bond motifs is 40. The molecule has 0 aromatic carbocycles. The van der Waals surface area contributed by atoms with Gasteiger partial charge in [0.15, 0.2) is 0 Å². The molecule has 0 spiro atoms. The summed E-state index contributed by atoms with van der Waals surface area (Å²) in [6.07, 6.45) is 51.1. The van der Waals surface area contributed by atoms with E-state index in [1.54, 1.807) is 0 Å². The Morgan fingerprint density at radius 3 is 0.232 bits per heavy atom. The van der Waals surface area contributed by atoms with E-state index < -0.39 is 0 Å². The van der Waals surface area contributed by atoms with Crippen LogP contribution in [0, 0.1) is 94.7 Å². The molecule has 18 heteroatoms. The molecule has 10 aliphatic heterocycles. The predicted octanol–water partition coefficient (Wildman–Crippen LogP) is 6.05. The molecule has 8 aliphatic carbocycles. The van der Waals surface area contributed by atoms with Gasteiger partial charge in [0.2, 0.25) is 0 Å². The van der Waals surface area contributed by atoms with Crippen molar-refractivity contribution in [2.75, 3.05) is 0 Å². The number of halogens is 2. The third kappa shape index (κ3) is 10.7. The summed E-state index contributed by atoms with van der Waals surface area (Å²) in [5.41, 5.74) is 0. The van der Waals surface area contributed by atoms with Crippen molar-refractivity contribution in [3.8, 4) is 0 Å². The van der Waals surface area contributed by atoms with Gasteiger partial charge in [-0.1, -0.05) is 103 Å². The predicted molar refractivity (Wildman–Crippen MR) is 329 cm³/mol. The van der Waals surface area contributed by atoms with E-state index in [0.717, 1.165) is 94.7 Å². The minimum atomic E-state index is 0. The standard InChI is InChI=1S/2C32H56N8.2ClH/c2*1-2-10-18-17(9-1)25-33-26(18)38-28-21-13-5-6-14-22(21)30(35-28)40-32-24-16-8-7-15-23(24)31(36-32)39-29-20-12-4-3-11-19(20)27(34-29)37-25;;/h2*17-40H,1-16H2;2*1H. The van der Waals surface area contributed by atoms with Gasteiger partial charge in [-0.05, 0) is 197 Å². The molecule has 10 saturated heterocycles. The van der Waals surface area contributed by atoms with Crippen molar-refractivity contribution in [1.29, 1.82) is 0 Å². The first-order valence-corrected chi connectivity index (χ1v) is 35.8. The van der Waals surface area contributed by atoms with E-state index in [2.05, 4.69) is 85.1 Å². The highest BCUT2D eigenvalue weighted by Crippen LogP contribution is 2.49. The van der Waals surface area contributed by atoms with Crippen molar-refractivity contribution < 1.29 is 0 Å². The fraction of sp³-hybridized carbons (Fsp3) is 1.00. The molecular weight excluding hydrogens is 1060 g/mol. The normalized spacial score (nSPS) is 56.2. The largest absolute Gasteiger partial charge is 0.286 e. The molecule has 8 saturated carbocycles. The molecule has 0 aromatic rings. The summed E-state index contributed by atoms with van der Waals surface area (Å²) in [4.78, 5) is 0. The number of hydrogen-bond acceptors (Lipinski definition) is 16. The van der Waals surface area contributed by atoms with Crippen LogP contribution in [0.15, 0.2) is 0 Å². The maximum atomic E-state index is 4.26. The second-order valence-electron chi connectivity index (χ2n) is 31.2. The number of hydrogen-bond donors (Lipinski definition) is 16. The van der Waals surface area contributed by atoms with Gasteiger partial charge in [-0.15, -0.1) is 24.8 Å². The third-order valence-electron chi connectivity index (χ3n) is 27.6. The van der Waals surface area contributed by atoms with E-state index in [0.29, 0.717) is 98.7 Å². The van der Waals surface area contributed by atoms with E-state index >= 15 is 0 Å². The number of nitrogens with one attached hydrogen (secondary N) is 16. The molecule has 464 valence electrons. The van der Waals surface area contributed by atoms with Crippen LogP contribution in [0.3, 0.4) is 0 Å². The van der Waals surface area contributed by atoms with Gasteiger partial charge >= 0.3 is 0 Å². The Balaban J connectivity index is 0.000000137. The summed E-state index contributed by atoms with van der Waals surface area (Å²) >= 11 is 0. The maximum Gasteiger partial charge on any atom is 0.0628 e. The van der Waals surface area contributed by atoms with Gasteiger partial charge in [0.25, 0.3) is 0 Å². The van der Waals surface area contributed by atoms with Crippen LogP contribution in [0.1, 0.15) is 205 Å². The van der Waals surface area contributed by atoms with Crippen molar-refractivity contribution >= 4 is 24.8 Å². The van der Waals surface area contributed by atoms with Gasteiger partial charge in [-0.3, -0.25) is 85.1 Å². The summed E-state index contributed by atoms with van der Waals surface area (Å²) in [7, 11) is 0. The van der Waals surface area contributed by atoms with E-state index in [1.807, 2.05) is 0 Å². The quantitative estimate of drug-likeness (QED) is 0.134. The lowest BCUT2D eigenvalue weighted by Gasteiger charge is -2.35. The topological polar surface area (TPSA) is 192 Å². The smallest absolute Gasteiger partial charge is 0.0628 e. The molecule has 18 fully saturated rings. The third-order valence-corrected chi connectivity index (χ3v) is 27.6. The minimum absolute atomic E-state index is 0. The lowest BCUT2D eigenvalue weighted by molar-refractivity contribution is 0.167. The van der Waals surface area contributed by atoms with E-state index in [9.17, 15) is 0 Å². The van der Waals surface area contributed by atoms with Crippen molar-refractivity contribution in [2.45, 2.75) is 304 Å². The molecule has 16 bridgehead atoms. The fourth-order valence-electron chi connectivity index (χ4n) is 23.9. The molecule has 16 atom stereocenters. The van der Waals surface area contributed by atoms with E-state index in [-0.39, 0.29) is 24.8 Å². The molecule has 82 heavy (non-hydrogen) atoms. The first-order chi connectivity index (χ1) is 39.6. The average Bonchev–Trinajstić information content (AvgIpc) is 4.52. The van der Waals surface area contributed by atoms with Gasteiger partial charge in [-0.2, -0.15) is 0 Å². The Morgan fingerprint density at radius 2 is 0.171 bits per heavy atom. The van der Waals surface area contributed by atoms with Crippen LogP contribution in [0.5, 0.6) is 0 Å². The lowest BCUT2D eigenvalue weighted by atomic mass is 9.76. The van der Waals surface area contributed by atoms with Gasteiger partial charge in [-0.25, -0.2) is 0 Å². The van der Waals surface area contributed by atoms with Gasteiger partial charge in [0, 0.05) is 0 Å². The first kappa shape index (κ1) is 58.3. The zero-order chi connectivity index (χ0) is 52.4. The van der Waals surface area contributed by atoms with E-state index in [4.69, 9.17) is 0 Å². The molecule has 16 nitrogen and oxygen atoms in total. The van der Waals surface area contributed by atoms with Crippen molar-refractivity contribution in [1.82, 2.24) is 85.1 Å². The maximum absolute atomic E-state index is 4.26. The fourth-order valence-corrected chi connectivity index (χ4v) is 23.9. The molecule has 10 heterocycles. The van der Waals surface area contributed by atoms with Crippen LogP contribution in [-0.4, -0.2) is 98.7 Å². The molecular formula is C64H114Cl2N16. The van der Waals surface area contributed by atoms with Crippen molar-refractivity contribution in [3.05, 3.63) is 0 Å². The second-order valence-corrected chi connectivity index (χ2v) is 31.2. The summed E-state index contributed by atoms with van der Waals surface area (Å²) in [6.45, 7) is 0. The molecule has 0 amide bonds. The Kier molecular flexibility index (Phi) is 17.8. The first-order valence-electron chi connectivity index (χ1n) is 35.8. The lowest BCUT2D eigenvalue weighted by Crippen LogP contribution is -2.61. The monoisotopic (exact) mass is 1180 g/mol. The highest BCUT2D eigenvalue weighted by molar-refractivity contribution is 5.85. The molecule has 16 unspecified atom stereocenters. The van der Waals surface area contributed by atoms with Crippen LogP contribution in [0.25, 0.3) is 0 Å². The number of rotatable bonds is 0. The minimum Gasteiger partial charge on any atom is -0.286 e. The zero-order valence-corrected chi connectivity index (χ0v) is 51.6. The second kappa shape index (κ2) is 25.0. The summed E-state index contributed by atoms with van der Waals surface area (Å²) in [6, 6.07) is 0. The van der Waals surface area contributed by atoms with Crippen LogP contribution < -0.4 is 85.1 Å². The Hall–Kier alpha value is -0.0600. The van der Waals surface area contributed by atoms with Crippen LogP contribution in [0.2, 0.25) is 0 Å². The molecule has 0 radical (unpaired) electrons. The molecule has 18 rings (SSSR count). The van der Waals surface area contributed by atoms with Crippen molar-refractivity contribution in [2.24, 2.45) is 94.7 Å². The molecule has 0 aromatic heterocycles. The highest BCUT2D eigenvalue weighted by atomic mass is 35.5. The Morgan fingerprint density at radius 1 is 0.110 bits per heavy atom. The SMILES string of the molecule is C1CCC2C3NC(NC4NC(NC5NC(NC6NC(N3)C3CCCCC63)C3CCCCC53)C3CCCCC43)C2C1.C1CCC2C3NC(NC4NC(NC5NC(NC6NC(N3)C3CCCCC63)C3CCCCC53)C3CCCCC43)C2C1.Cl.Cl. The Bertz CT molecular complexity index is 1580. The zero-order valence-electron chi connectivity index (χ0n) is 49.9. The molecule has 18 aliphatic rings. The summed E-state index contributed by atoms with van der Waals surface area (Å²) < 4.78 is 0.